The maximum absolute atomic E-state index is 13.6. The molecule has 4 rings (SSSR count). The maximum atomic E-state index is 13.6. The highest BCUT2D eigenvalue weighted by molar-refractivity contribution is 5.77. The fourth-order valence-corrected chi connectivity index (χ4v) is 4.12. The zero-order valence-corrected chi connectivity index (χ0v) is 19.2. The zero-order valence-electron chi connectivity index (χ0n) is 19.2. The van der Waals surface area contributed by atoms with Crippen molar-refractivity contribution in [1.82, 2.24) is 23.1 Å². The molecule has 3 heterocycles. The monoisotopic (exact) mass is 437 g/mol. The highest BCUT2D eigenvalue weighted by Crippen LogP contribution is 2.21. The van der Waals surface area contributed by atoms with Crippen LogP contribution < -0.4 is 11.2 Å². The third-order valence-corrected chi connectivity index (χ3v) is 6.06. The summed E-state index contributed by atoms with van der Waals surface area (Å²) in [5.41, 5.74) is 4.32. The topological polar surface area (TPSA) is 92.5 Å². The van der Waals surface area contributed by atoms with Gasteiger partial charge >= 0.3 is 11.7 Å². The number of aryl methyl sites for hydroxylation is 4. The molecule has 4 aromatic rings. The molecule has 9 heteroatoms. The van der Waals surface area contributed by atoms with Gasteiger partial charge in [0.15, 0.2) is 11.2 Å². The summed E-state index contributed by atoms with van der Waals surface area (Å²) in [5.74, 6) is 0.0426. The molecule has 0 aliphatic heterocycles. The molecule has 0 aliphatic rings. The number of hydrogen-bond donors (Lipinski definition) is 0. The molecule has 0 amide bonds. The van der Waals surface area contributed by atoms with E-state index in [2.05, 4.69) is 4.98 Å². The van der Waals surface area contributed by atoms with Gasteiger partial charge in [-0.15, -0.1) is 0 Å². The minimum atomic E-state index is -0.435. The van der Waals surface area contributed by atoms with Gasteiger partial charge in [0, 0.05) is 18.4 Å². The first-order valence-corrected chi connectivity index (χ1v) is 10.5. The number of nitrogens with zero attached hydrogens (tertiary/aromatic N) is 5. The Morgan fingerprint density at radius 1 is 1.06 bits per heavy atom. The van der Waals surface area contributed by atoms with Gasteiger partial charge in [-0.1, -0.05) is 23.8 Å². The highest BCUT2D eigenvalue weighted by atomic mass is 16.5. The molecule has 0 aliphatic carbocycles. The number of rotatable bonds is 5. The predicted molar refractivity (Wildman–Crippen MR) is 121 cm³/mol. The highest BCUT2D eigenvalue weighted by Gasteiger charge is 2.23. The fraction of sp³-hybridized carbons (Fsp3) is 0.391. The van der Waals surface area contributed by atoms with Gasteiger partial charge in [0.05, 0.1) is 13.2 Å². The number of aromatic nitrogens is 5. The lowest BCUT2D eigenvalue weighted by Crippen LogP contribution is -2.39. The second kappa shape index (κ2) is 7.81. The quantitative estimate of drug-likeness (QED) is 0.445. The van der Waals surface area contributed by atoms with E-state index in [-0.39, 0.29) is 31.3 Å². The number of carbonyl (C=O) groups excluding carboxylic acids is 1. The number of hydrogen-bond acceptors (Lipinski definition) is 5. The summed E-state index contributed by atoms with van der Waals surface area (Å²) < 4.78 is 11.2. The number of imidazole rings is 2. The minimum absolute atomic E-state index is 0.0229. The van der Waals surface area contributed by atoms with Gasteiger partial charge in [-0.3, -0.25) is 23.1 Å². The standard InChI is InChI=1S/C23H27N5O4/c1-7-32-18(29)12-26-15(4)16(5)28-19-20(24-22(26)28)25(6)23(31)27(21(19)30)11-17-10-13(2)8-9-14(17)3/h8-10H,7,11-12H2,1-6H3. The number of ether oxygens (including phenoxy) is 1. The summed E-state index contributed by atoms with van der Waals surface area (Å²) in [6.07, 6.45) is 0. The lowest BCUT2D eigenvalue weighted by atomic mass is 10.1. The van der Waals surface area contributed by atoms with E-state index in [1.165, 1.54) is 9.13 Å². The molecule has 9 nitrogen and oxygen atoms in total. The summed E-state index contributed by atoms with van der Waals surface area (Å²) >= 11 is 0. The Balaban J connectivity index is 1.99. The summed E-state index contributed by atoms with van der Waals surface area (Å²) in [6.45, 7) is 9.85. The average Bonchev–Trinajstić information content (AvgIpc) is 3.24. The van der Waals surface area contributed by atoms with Crippen molar-refractivity contribution in [3.05, 3.63) is 67.1 Å². The molecule has 168 valence electrons. The van der Waals surface area contributed by atoms with Gasteiger partial charge in [0.25, 0.3) is 5.56 Å². The second-order valence-corrected chi connectivity index (χ2v) is 8.14. The summed E-state index contributed by atoms with van der Waals surface area (Å²) in [6, 6.07) is 5.98. The van der Waals surface area contributed by atoms with E-state index in [1.54, 1.807) is 22.9 Å². The lowest BCUT2D eigenvalue weighted by molar-refractivity contribution is -0.143. The van der Waals surface area contributed by atoms with Gasteiger partial charge < -0.3 is 9.30 Å². The first kappa shape index (κ1) is 21.6. The van der Waals surface area contributed by atoms with E-state index >= 15 is 0 Å². The van der Waals surface area contributed by atoms with E-state index < -0.39 is 11.2 Å². The van der Waals surface area contributed by atoms with Crippen molar-refractivity contribution in [2.45, 2.75) is 47.7 Å². The van der Waals surface area contributed by atoms with Crippen molar-refractivity contribution in [3.63, 3.8) is 0 Å². The van der Waals surface area contributed by atoms with E-state index in [0.29, 0.717) is 11.3 Å². The van der Waals surface area contributed by atoms with Crippen molar-refractivity contribution >= 4 is 22.9 Å². The van der Waals surface area contributed by atoms with Crippen LogP contribution in [0.3, 0.4) is 0 Å². The molecule has 0 atom stereocenters. The van der Waals surface area contributed by atoms with Gasteiger partial charge in [-0.25, -0.2) is 4.79 Å². The van der Waals surface area contributed by atoms with Gasteiger partial charge in [-0.05, 0) is 45.7 Å². The molecule has 0 radical (unpaired) electrons. The van der Waals surface area contributed by atoms with Gasteiger partial charge in [0.1, 0.15) is 6.54 Å². The number of esters is 1. The molecular weight excluding hydrogens is 410 g/mol. The van der Waals surface area contributed by atoms with E-state index in [4.69, 9.17) is 4.74 Å². The Labute approximate surface area is 184 Å². The molecule has 0 unspecified atom stereocenters. The molecular formula is C23H27N5O4. The zero-order chi connectivity index (χ0) is 23.3. The van der Waals surface area contributed by atoms with Crippen molar-refractivity contribution in [1.29, 1.82) is 0 Å². The Hall–Kier alpha value is -3.62. The molecule has 0 fully saturated rings. The third-order valence-electron chi connectivity index (χ3n) is 6.06. The van der Waals surface area contributed by atoms with E-state index in [0.717, 1.165) is 28.1 Å². The summed E-state index contributed by atoms with van der Waals surface area (Å²) in [4.78, 5) is 43.4. The average molecular weight is 438 g/mol. The number of fused-ring (bicyclic) bond motifs is 3. The van der Waals surface area contributed by atoms with Crippen LogP contribution in [-0.2, 0) is 29.7 Å². The smallest absolute Gasteiger partial charge is 0.332 e. The van der Waals surface area contributed by atoms with E-state index in [9.17, 15) is 14.4 Å². The molecule has 1 aromatic carbocycles. The van der Waals surface area contributed by atoms with Crippen molar-refractivity contribution in [2.24, 2.45) is 7.05 Å². The Morgan fingerprint density at radius 2 is 1.78 bits per heavy atom. The molecule has 0 saturated heterocycles. The Kier molecular flexibility index (Phi) is 5.28. The second-order valence-electron chi connectivity index (χ2n) is 8.14. The normalized spacial score (nSPS) is 11.6. The molecule has 0 bridgehead atoms. The molecule has 3 aromatic heterocycles. The molecule has 0 spiro atoms. The Bertz CT molecular complexity index is 1500. The van der Waals surface area contributed by atoms with Gasteiger partial charge in [0.2, 0.25) is 5.78 Å². The van der Waals surface area contributed by atoms with Crippen LogP contribution >= 0.6 is 0 Å². The summed E-state index contributed by atoms with van der Waals surface area (Å²) in [5, 5.41) is 0. The van der Waals surface area contributed by atoms with E-state index in [1.807, 2.05) is 45.9 Å². The van der Waals surface area contributed by atoms with Crippen LogP contribution in [-0.4, -0.2) is 35.7 Å². The first-order valence-electron chi connectivity index (χ1n) is 10.5. The lowest BCUT2D eigenvalue weighted by Gasteiger charge is -2.11. The minimum Gasteiger partial charge on any atom is -0.465 e. The third kappa shape index (κ3) is 3.24. The molecule has 32 heavy (non-hydrogen) atoms. The van der Waals surface area contributed by atoms with Crippen LogP contribution in [0.25, 0.3) is 16.9 Å². The van der Waals surface area contributed by atoms with Crippen LogP contribution in [0.2, 0.25) is 0 Å². The van der Waals surface area contributed by atoms with Crippen molar-refractivity contribution in [2.75, 3.05) is 6.61 Å². The van der Waals surface area contributed by atoms with Crippen LogP contribution in [0.15, 0.2) is 27.8 Å². The maximum Gasteiger partial charge on any atom is 0.332 e. The SMILES string of the molecule is CCOC(=O)Cn1c(C)c(C)n2c3c(=O)n(Cc4cc(C)ccc4C)c(=O)n(C)c3nc12. The predicted octanol–water partition coefficient (Wildman–Crippen LogP) is 1.99. The number of benzene rings is 1. The van der Waals surface area contributed by atoms with Crippen LogP contribution in [0.5, 0.6) is 0 Å². The molecule has 0 N–H and O–H groups in total. The van der Waals surface area contributed by atoms with Crippen LogP contribution in [0, 0.1) is 27.7 Å². The summed E-state index contributed by atoms with van der Waals surface area (Å²) in [7, 11) is 1.61. The van der Waals surface area contributed by atoms with Crippen LogP contribution in [0.4, 0.5) is 0 Å². The van der Waals surface area contributed by atoms with Crippen LogP contribution in [0.1, 0.15) is 35.0 Å². The first-order chi connectivity index (χ1) is 15.1. The Morgan fingerprint density at radius 3 is 2.47 bits per heavy atom. The largest absolute Gasteiger partial charge is 0.465 e. The fourth-order valence-electron chi connectivity index (χ4n) is 4.12. The van der Waals surface area contributed by atoms with Crippen molar-refractivity contribution in [3.8, 4) is 0 Å². The molecule has 0 saturated carbocycles. The van der Waals surface area contributed by atoms with Gasteiger partial charge in [-0.2, -0.15) is 4.98 Å². The number of carbonyl (C=O) groups is 1. The van der Waals surface area contributed by atoms with Crippen molar-refractivity contribution < 1.29 is 9.53 Å².